The zero-order chi connectivity index (χ0) is 17.3. The highest BCUT2D eigenvalue weighted by molar-refractivity contribution is 9.11. The summed E-state index contributed by atoms with van der Waals surface area (Å²) in [6.45, 7) is 2.66. The number of rotatable bonds is 3. The minimum Gasteiger partial charge on any atom is -0.207 e. The van der Waals surface area contributed by atoms with E-state index in [-0.39, 0.29) is 4.90 Å². The molecule has 0 spiro atoms. The van der Waals surface area contributed by atoms with Gasteiger partial charge in [-0.1, -0.05) is 40.2 Å². The van der Waals surface area contributed by atoms with Crippen LogP contribution in [0.15, 0.2) is 45.8 Å². The average molecular weight is 414 g/mol. The number of piperidine rings is 1. The van der Waals surface area contributed by atoms with Gasteiger partial charge in [0.2, 0.25) is 10.0 Å². The summed E-state index contributed by atoms with van der Waals surface area (Å²) in [6.07, 6.45) is 9.12. The molecule has 1 heterocycles. The Morgan fingerprint density at radius 2 is 1.96 bits per heavy atom. The van der Waals surface area contributed by atoms with Gasteiger partial charge in [0.1, 0.15) is 5.82 Å². The van der Waals surface area contributed by atoms with Crippen molar-refractivity contribution in [2.24, 2.45) is 11.8 Å². The Morgan fingerprint density at radius 1 is 1.25 bits per heavy atom. The summed E-state index contributed by atoms with van der Waals surface area (Å²) in [5, 5.41) is 0. The molecule has 1 unspecified atom stereocenters. The van der Waals surface area contributed by atoms with E-state index in [1.807, 2.05) is 0 Å². The van der Waals surface area contributed by atoms with Crippen LogP contribution in [0.5, 0.6) is 0 Å². The Kier molecular flexibility index (Phi) is 5.27. The fourth-order valence-corrected chi connectivity index (χ4v) is 5.90. The van der Waals surface area contributed by atoms with Crippen LogP contribution in [-0.4, -0.2) is 25.8 Å². The van der Waals surface area contributed by atoms with Crippen molar-refractivity contribution in [3.8, 4) is 0 Å². The topological polar surface area (TPSA) is 37.4 Å². The maximum Gasteiger partial charge on any atom is 0.243 e. The van der Waals surface area contributed by atoms with Crippen molar-refractivity contribution in [1.29, 1.82) is 0 Å². The second-order valence-corrected chi connectivity index (χ2v) is 9.25. The molecule has 6 heteroatoms. The lowest BCUT2D eigenvalue weighted by molar-refractivity contribution is 0.248. The Balaban J connectivity index is 1.74. The van der Waals surface area contributed by atoms with Gasteiger partial charge in [-0.3, -0.25) is 0 Å². The fourth-order valence-electron chi connectivity index (χ4n) is 3.48. The van der Waals surface area contributed by atoms with Crippen LogP contribution < -0.4 is 0 Å². The summed E-state index contributed by atoms with van der Waals surface area (Å²) in [4.78, 5) is 0.0830. The predicted octanol–water partition coefficient (Wildman–Crippen LogP) is 4.39. The number of aryl methyl sites for hydroxylation is 1. The quantitative estimate of drug-likeness (QED) is 0.688. The number of allylic oxidation sites excluding steroid dienone is 4. The molecule has 0 aromatic heterocycles. The van der Waals surface area contributed by atoms with Gasteiger partial charge in [0.25, 0.3) is 0 Å². The number of hydrogen-bond donors (Lipinski definition) is 0. The van der Waals surface area contributed by atoms with Gasteiger partial charge in [-0.2, -0.15) is 4.31 Å². The molecule has 1 fully saturated rings. The van der Waals surface area contributed by atoms with Crippen molar-refractivity contribution in [3.63, 3.8) is 0 Å². The Bertz CT molecular complexity index is 780. The van der Waals surface area contributed by atoms with Crippen molar-refractivity contribution < 1.29 is 12.8 Å². The van der Waals surface area contributed by atoms with Crippen LogP contribution in [0.2, 0.25) is 0 Å². The largest absolute Gasteiger partial charge is 0.243 e. The van der Waals surface area contributed by atoms with Gasteiger partial charge in [0.15, 0.2) is 0 Å². The summed E-state index contributed by atoms with van der Waals surface area (Å²) in [5.41, 5.74) is 0.583. The Hall–Kier alpha value is -0.980. The Morgan fingerprint density at radius 3 is 2.62 bits per heavy atom. The molecule has 0 radical (unpaired) electrons. The molecule has 0 amide bonds. The first-order valence-electron chi connectivity index (χ1n) is 8.18. The molecule has 1 aliphatic carbocycles. The summed E-state index contributed by atoms with van der Waals surface area (Å²) in [6, 6.07) is 3.93. The van der Waals surface area contributed by atoms with E-state index in [9.17, 15) is 12.8 Å². The van der Waals surface area contributed by atoms with Gasteiger partial charge in [0.05, 0.1) is 4.90 Å². The maximum atomic E-state index is 13.5. The maximum absolute atomic E-state index is 13.5. The van der Waals surface area contributed by atoms with Gasteiger partial charge >= 0.3 is 0 Å². The van der Waals surface area contributed by atoms with Gasteiger partial charge in [-0.05, 0) is 54.3 Å². The minimum atomic E-state index is -3.63. The molecule has 1 aromatic carbocycles. The smallest absolute Gasteiger partial charge is 0.207 e. The van der Waals surface area contributed by atoms with E-state index in [1.54, 1.807) is 6.92 Å². The second-order valence-electron chi connectivity index (χ2n) is 6.43. The van der Waals surface area contributed by atoms with E-state index in [0.29, 0.717) is 30.5 Å². The van der Waals surface area contributed by atoms with E-state index in [2.05, 4.69) is 34.2 Å². The van der Waals surface area contributed by atoms with Crippen molar-refractivity contribution in [2.45, 2.75) is 31.1 Å². The van der Waals surface area contributed by atoms with Crippen LogP contribution in [0.25, 0.3) is 0 Å². The van der Waals surface area contributed by atoms with Gasteiger partial charge in [-0.25, -0.2) is 12.8 Å². The lowest BCUT2D eigenvalue weighted by Crippen LogP contribution is -2.40. The molecule has 0 bridgehead atoms. The predicted molar refractivity (Wildman–Crippen MR) is 96.9 cm³/mol. The Labute approximate surface area is 151 Å². The van der Waals surface area contributed by atoms with Crippen LogP contribution in [0.1, 0.15) is 24.8 Å². The molecule has 1 aromatic rings. The molecule has 2 aliphatic rings. The molecular weight excluding hydrogens is 393 g/mol. The summed E-state index contributed by atoms with van der Waals surface area (Å²) >= 11 is 3.64. The molecule has 130 valence electrons. The van der Waals surface area contributed by atoms with Crippen molar-refractivity contribution >= 4 is 26.0 Å². The van der Waals surface area contributed by atoms with Crippen molar-refractivity contribution in [1.82, 2.24) is 4.31 Å². The SMILES string of the molecule is Cc1ccc(F)cc1S(=O)(=O)N1CCC(C2C=CCC=C2Br)CC1. The summed E-state index contributed by atoms with van der Waals surface area (Å²) in [7, 11) is -3.63. The van der Waals surface area contributed by atoms with E-state index >= 15 is 0 Å². The molecule has 3 rings (SSSR count). The monoisotopic (exact) mass is 413 g/mol. The third kappa shape index (κ3) is 3.51. The van der Waals surface area contributed by atoms with E-state index in [0.717, 1.165) is 25.3 Å². The highest BCUT2D eigenvalue weighted by Gasteiger charge is 2.33. The van der Waals surface area contributed by atoms with Gasteiger partial charge in [0, 0.05) is 19.0 Å². The zero-order valence-electron chi connectivity index (χ0n) is 13.6. The van der Waals surface area contributed by atoms with E-state index < -0.39 is 15.8 Å². The molecule has 1 aliphatic heterocycles. The number of halogens is 2. The third-order valence-electron chi connectivity index (χ3n) is 4.89. The molecule has 3 nitrogen and oxygen atoms in total. The van der Waals surface area contributed by atoms with Crippen molar-refractivity contribution in [3.05, 3.63) is 52.3 Å². The highest BCUT2D eigenvalue weighted by Crippen LogP contribution is 2.37. The van der Waals surface area contributed by atoms with Gasteiger partial charge < -0.3 is 0 Å². The van der Waals surface area contributed by atoms with E-state index in [1.165, 1.54) is 20.9 Å². The molecule has 1 atom stereocenters. The highest BCUT2D eigenvalue weighted by atomic mass is 79.9. The standard InChI is InChI=1S/C18H21BrFNO2S/c1-13-6-7-15(20)12-18(13)24(22,23)21-10-8-14(9-11-21)16-4-2-3-5-17(16)19/h2,4-7,12,14,16H,3,8-11H2,1H3. The number of sulfonamides is 1. The van der Waals surface area contributed by atoms with Crippen molar-refractivity contribution in [2.75, 3.05) is 13.1 Å². The van der Waals surface area contributed by atoms with E-state index in [4.69, 9.17) is 0 Å². The number of hydrogen-bond acceptors (Lipinski definition) is 2. The van der Waals surface area contributed by atoms with Crippen LogP contribution in [-0.2, 0) is 10.0 Å². The van der Waals surface area contributed by atoms with Crippen LogP contribution in [0.4, 0.5) is 4.39 Å². The first-order chi connectivity index (χ1) is 11.4. The number of benzene rings is 1. The minimum absolute atomic E-state index is 0.0830. The molecular formula is C18H21BrFNO2S. The first-order valence-corrected chi connectivity index (χ1v) is 10.4. The lowest BCUT2D eigenvalue weighted by Gasteiger charge is -2.35. The van der Waals surface area contributed by atoms with Crippen LogP contribution in [0.3, 0.4) is 0 Å². The van der Waals surface area contributed by atoms with Crippen LogP contribution in [0, 0.1) is 24.6 Å². The normalized spacial score (nSPS) is 23.3. The summed E-state index contributed by atoms with van der Waals surface area (Å²) in [5.74, 6) is 0.266. The molecule has 1 saturated heterocycles. The molecule has 24 heavy (non-hydrogen) atoms. The molecule has 0 saturated carbocycles. The summed E-state index contributed by atoms with van der Waals surface area (Å²) < 4.78 is 41.9. The number of nitrogens with zero attached hydrogens (tertiary/aromatic N) is 1. The lowest BCUT2D eigenvalue weighted by atomic mass is 9.83. The van der Waals surface area contributed by atoms with Gasteiger partial charge in [-0.15, -0.1) is 0 Å². The second kappa shape index (κ2) is 7.10. The average Bonchev–Trinajstić information content (AvgIpc) is 2.57. The zero-order valence-corrected chi connectivity index (χ0v) is 16.0. The fraction of sp³-hybridized carbons (Fsp3) is 0.444. The third-order valence-corrected chi connectivity index (χ3v) is 7.78. The first kappa shape index (κ1) is 17.8. The molecule has 0 N–H and O–H groups in total. The van der Waals surface area contributed by atoms with Crippen LogP contribution >= 0.6 is 15.9 Å².